The van der Waals surface area contributed by atoms with E-state index in [0.717, 1.165) is 14.1 Å². The van der Waals surface area contributed by atoms with Crippen LogP contribution < -0.4 is 9.47 Å². The standard InChI is InChI=1S/C11H8INO2/c12-10-8-13(14)7-6-11(10)15-9-4-2-1-3-5-9/h1-8H. The highest BCUT2D eigenvalue weighted by atomic mass is 127. The Morgan fingerprint density at radius 1 is 1.13 bits per heavy atom. The molecule has 76 valence electrons. The van der Waals surface area contributed by atoms with E-state index in [-0.39, 0.29) is 0 Å². The third kappa shape index (κ3) is 2.59. The van der Waals surface area contributed by atoms with Crippen molar-refractivity contribution in [1.82, 2.24) is 0 Å². The molecular formula is C11H8INO2. The molecule has 1 heterocycles. The normalized spacial score (nSPS) is 9.93. The van der Waals surface area contributed by atoms with Gasteiger partial charge in [0.1, 0.15) is 9.32 Å². The Morgan fingerprint density at radius 3 is 2.53 bits per heavy atom. The van der Waals surface area contributed by atoms with Crippen LogP contribution in [0.25, 0.3) is 0 Å². The summed E-state index contributed by atoms with van der Waals surface area (Å²) >= 11 is 2.07. The Labute approximate surface area is 101 Å². The van der Waals surface area contributed by atoms with E-state index in [1.54, 1.807) is 6.07 Å². The number of ether oxygens (including phenoxy) is 1. The highest BCUT2D eigenvalue weighted by Crippen LogP contribution is 2.24. The first-order chi connectivity index (χ1) is 7.25. The van der Waals surface area contributed by atoms with Gasteiger partial charge in [0.25, 0.3) is 0 Å². The lowest BCUT2D eigenvalue weighted by molar-refractivity contribution is -0.606. The van der Waals surface area contributed by atoms with Gasteiger partial charge in [-0.2, -0.15) is 4.73 Å². The number of hydrogen-bond acceptors (Lipinski definition) is 2. The minimum atomic E-state index is 0.689. The molecular weight excluding hydrogens is 305 g/mol. The van der Waals surface area contributed by atoms with Crippen LogP contribution in [0.1, 0.15) is 0 Å². The first-order valence-corrected chi connectivity index (χ1v) is 5.45. The SMILES string of the molecule is [O-][n+]1ccc(Oc2ccccc2)c(I)c1. The molecule has 0 aliphatic rings. The van der Waals surface area contributed by atoms with Gasteiger partial charge in [-0.05, 0) is 34.7 Å². The first kappa shape index (κ1) is 10.2. The van der Waals surface area contributed by atoms with Crippen molar-refractivity contribution in [1.29, 1.82) is 0 Å². The van der Waals surface area contributed by atoms with Crippen molar-refractivity contribution in [2.45, 2.75) is 0 Å². The van der Waals surface area contributed by atoms with Gasteiger partial charge in [0, 0.05) is 6.07 Å². The van der Waals surface area contributed by atoms with Gasteiger partial charge < -0.3 is 9.94 Å². The molecule has 1 aromatic heterocycles. The van der Waals surface area contributed by atoms with E-state index >= 15 is 0 Å². The maximum absolute atomic E-state index is 11.0. The maximum Gasteiger partial charge on any atom is 0.197 e. The van der Waals surface area contributed by atoms with Gasteiger partial charge >= 0.3 is 0 Å². The fraction of sp³-hybridized carbons (Fsp3) is 0. The summed E-state index contributed by atoms with van der Waals surface area (Å²) in [6, 6.07) is 11.1. The van der Waals surface area contributed by atoms with Crippen LogP contribution in [0, 0.1) is 8.78 Å². The summed E-state index contributed by atoms with van der Waals surface area (Å²) in [6.07, 6.45) is 2.89. The van der Waals surface area contributed by atoms with Gasteiger partial charge in [0.05, 0.1) is 0 Å². The second kappa shape index (κ2) is 4.48. The molecule has 0 N–H and O–H groups in total. The molecule has 0 spiro atoms. The van der Waals surface area contributed by atoms with Crippen LogP contribution in [0.15, 0.2) is 48.8 Å². The third-order valence-electron chi connectivity index (χ3n) is 1.82. The highest BCUT2D eigenvalue weighted by molar-refractivity contribution is 14.1. The molecule has 3 nitrogen and oxygen atoms in total. The van der Waals surface area contributed by atoms with Crippen LogP contribution in [-0.2, 0) is 0 Å². The topological polar surface area (TPSA) is 36.2 Å². The number of benzene rings is 1. The van der Waals surface area contributed by atoms with E-state index in [2.05, 4.69) is 22.6 Å². The molecule has 1 aromatic carbocycles. The lowest BCUT2D eigenvalue weighted by Gasteiger charge is -2.06. The van der Waals surface area contributed by atoms with E-state index < -0.39 is 0 Å². The third-order valence-corrected chi connectivity index (χ3v) is 2.63. The molecule has 0 amide bonds. The highest BCUT2D eigenvalue weighted by Gasteiger charge is 2.05. The Bertz CT molecular complexity index is 459. The molecule has 0 saturated heterocycles. The molecule has 4 heteroatoms. The molecule has 0 bridgehead atoms. The molecule has 2 aromatic rings. The smallest absolute Gasteiger partial charge is 0.197 e. The zero-order valence-electron chi connectivity index (χ0n) is 7.76. The molecule has 0 aliphatic carbocycles. The number of pyridine rings is 1. The van der Waals surface area contributed by atoms with Crippen LogP contribution in [0.5, 0.6) is 11.5 Å². The number of rotatable bonds is 2. The number of aromatic nitrogens is 1. The van der Waals surface area contributed by atoms with E-state index in [1.165, 1.54) is 12.4 Å². The predicted molar refractivity (Wildman–Crippen MR) is 64.6 cm³/mol. The zero-order valence-corrected chi connectivity index (χ0v) is 9.92. The minimum absolute atomic E-state index is 0.689. The van der Waals surface area contributed by atoms with Crippen molar-refractivity contribution in [3.8, 4) is 11.5 Å². The Kier molecular flexibility index (Phi) is 3.05. The Morgan fingerprint density at radius 2 is 1.87 bits per heavy atom. The fourth-order valence-electron chi connectivity index (χ4n) is 1.14. The lowest BCUT2D eigenvalue weighted by Crippen LogP contribution is -2.24. The number of nitrogens with zero attached hydrogens (tertiary/aromatic N) is 1. The zero-order chi connectivity index (χ0) is 10.7. The monoisotopic (exact) mass is 313 g/mol. The molecule has 15 heavy (non-hydrogen) atoms. The lowest BCUT2D eigenvalue weighted by atomic mass is 10.3. The van der Waals surface area contributed by atoms with Crippen molar-refractivity contribution in [2.75, 3.05) is 0 Å². The summed E-state index contributed by atoms with van der Waals surface area (Å²) in [6.45, 7) is 0. The van der Waals surface area contributed by atoms with Crippen molar-refractivity contribution in [3.05, 3.63) is 57.6 Å². The van der Waals surface area contributed by atoms with Crippen LogP contribution >= 0.6 is 22.6 Å². The Balaban J connectivity index is 2.25. The van der Waals surface area contributed by atoms with Crippen LogP contribution in [-0.4, -0.2) is 0 Å². The summed E-state index contributed by atoms with van der Waals surface area (Å²) in [4.78, 5) is 0. The summed E-state index contributed by atoms with van der Waals surface area (Å²) < 4.78 is 7.14. The van der Waals surface area contributed by atoms with Gasteiger partial charge in [-0.1, -0.05) is 18.2 Å². The first-order valence-electron chi connectivity index (χ1n) is 4.37. The van der Waals surface area contributed by atoms with Crippen LogP contribution in [0.3, 0.4) is 0 Å². The predicted octanol–water partition coefficient (Wildman–Crippen LogP) is 2.72. The van der Waals surface area contributed by atoms with Crippen molar-refractivity contribution in [2.24, 2.45) is 0 Å². The number of hydrogen-bond donors (Lipinski definition) is 0. The van der Waals surface area contributed by atoms with Gasteiger partial charge in [-0.3, -0.25) is 0 Å². The van der Waals surface area contributed by atoms with Gasteiger partial charge in [-0.15, -0.1) is 0 Å². The molecule has 2 rings (SSSR count). The summed E-state index contributed by atoms with van der Waals surface area (Å²) in [7, 11) is 0. The average Bonchev–Trinajstić information content (AvgIpc) is 2.24. The van der Waals surface area contributed by atoms with Crippen LogP contribution in [0.2, 0.25) is 0 Å². The van der Waals surface area contributed by atoms with Gasteiger partial charge in [-0.25, -0.2) is 0 Å². The summed E-state index contributed by atoms with van der Waals surface area (Å²) in [5.74, 6) is 1.45. The van der Waals surface area contributed by atoms with Crippen molar-refractivity contribution in [3.63, 3.8) is 0 Å². The van der Waals surface area contributed by atoms with E-state index in [9.17, 15) is 5.21 Å². The summed E-state index contributed by atoms with van der Waals surface area (Å²) in [5.41, 5.74) is 0. The minimum Gasteiger partial charge on any atom is -0.619 e. The fourth-order valence-corrected chi connectivity index (χ4v) is 1.70. The number of halogens is 1. The van der Waals surface area contributed by atoms with Gasteiger partial charge in [0.2, 0.25) is 0 Å². The van der Waals surface area contributed by atoms with E-state index in [4.69, 9.17) is 4.74 Å². The van der Waals surface area contributed by atoms with Gasteiger partial charge in [0.15, 0.2) is 18.1 Å². The van der Waals surface area contributed by atoms with E-state index in [0.29, 0.717) is 5.75 Å². The molecule has 0 radical (unpaired) electrons. The number of para-hydroxylation sites is 1. The molecule has 0 saturated carbocycles. The van der Waals surface area contributed by atoms with Crippen molar-refractivity contribution < 1.29 is 9.47 Å². The largest absolute Gasteiger partial charge is 0.619 e. The molecule has 0 atom stereocenters. The maximum atomic E-state index is 11.0. The summed E-state index contributed by atoms with van der Waals surface area (Å²) in [5, 5.41) is 11.0. The Hall–Kier alpha value is -1.30. The van der Waals surface area contributed by atoms with Crippen LogP contribution in [0.4, 0.5) is 0 Å². The quantitative estimate of drug-likeness (QED) is 0.485. The molecule has 0 unspecified atom stereocenters. The van der Waals surface area contributed by atoms with Crippen molar-refractivity contribution >= 4 is 22.6 Å². The second-order valence-electron chi connectivity index (χ2n) is 2.93. The molecule has 0 aliphatic heterocycles. The molecule has 0 fully saturated rings. The second-order valence-corrected chi connectivity index (χ2v) is 4.09. The van der Waals surface area contributed by atoms with E-state index in [1.807, 2.05) is 30.3 Å². The average molecular weight is 313 g/mol.